The third kappa shape index (κ3) is 3.30. The van der Waals surface area contributed by atoms with Gasteiger partial charge in [0.2, 0.25) is 0 Å². The van der Waals surface area contributed by atoms with Gasteiger partial charge in [0.15, 0.2) is 9.34 Å². The maximum atomic E-state index is 12.9. The van der Waals surface area contributed by atoms with Crippen molar-refractivity contribution in [3.63, 3.8) is 0 Å². The van der Waals surface area contributed by atoms with Crippen LogP contribution in [0.2, 0.25) is 0 Å². The van der Waals surface area contributed by atoms with Gasteiger partial charge < -0.3 is 0 Å². The van der Waals surface area contributed by atoms with E-state index in [1.54, 1.807) is 0 Å². The maximum Gasteiger partial charge on any atom is 0.272 e. The van der Waals surface area contributed by atoms with Gasteiger partial charge >= 0.3 is 0 Å². The predicted octanol–water partition coefficient (Wildman–Crippen LogP) is 2.17. The standard InChI is InChI=1S/C10H7ClFN3O3S2/c1-5-9(20(11,17)18)19-10(14-5)15-8(16)6-2-7(12)4-13-3-6/h2-4H,1H3,(H,14,15,16). The summed E-state index contributed by atoms with van der Waals surface area (Å²) < 4.78 is 35.3. The van der Waals surface area contributed by atoms with Gasteiger partial charge in [-0.25, -0.2) is 17.8 Å². The number of aryl methyl sites for hydroxylation is 1. The molecule has 1 amide bonds. The lowest BCUT2D eigenvalue weighted by Gasteiger charge is -2.00. The molecule has 0 radical (unpaired) electrons. The predicted molar refractivity (Wildman–Crippen MR) is 72.0 cm³/mol. The molecule has 2 heterocycles. The minimum absolute atomic E-state index is 0.00636. The smallest absolute Gasteiger partial charge is 0.272 e. The topological polar surface area (TPSA) is 89.0 Å². The first-order valence-corrected chi connectivity index (χ1v) is 8.24. The number of aromatic nitrogens is 2. The number of nitrogens with one attached hydrogen (secondary N) is 1. The Morgan fingerprint density at radius 2 is 2.15 bits per heavy atom. The number of nitrogens with zero attached hydrogens (tertiary/aromatic N) is 2. The van der Waals surface area contributed by atoms with E-state index in [2.05, 4.69) is 15.3 Å². The molecule has 0 unspecified atom stereocenters. The summed E-state index contributed by atoms with van der Waals surface area (Å²) in [7, 11) is 1.31. The number of carbonyl (C=O) groups excluding carboxylic acids is 1. The zero-order valence-electron chi connectivity index (χ0n) is 9.92. The zero-order valence-corrected chi connectivity index (χ0v) is 12.3. The number of halogens is 2. The maximum absolute atomic E-state index is 12.9. The molecule has 2 rings (SSSR count). The lowest BCUT2D eigenvalue weighted by atomic mass is 10.3. The first-order valence-electron chi connectivity index (χ1n) is 5.11. The number of rotatable bonds is 3. The van der Waals surface area contributed by atoms with Crippen LogP contribution in [0.1, 0.15) is 16.1 Å². The van der Waals surface area contributed by atoms with Gasteiger partial charge in [-0.05, 0) is 13.0 Å². The fraction of sp³-hybridized carbons (Fsp3) is 0.100. The zero-order chi connectivity index (χ0) is 14.9. The molecule has 0 bridgehead atoms. The van der Waals surface area contributed by atoms with Crippen LogP contribution in [0.4, 0.5) is 9.52 Å². The highest BCUT2D eigenvalue weighted by atomic mass is 35.7. The first kappa shape index (κ1) is 14.8. The normalized spacial score (nSPS) is 11.3. The van der Waals surface area contributed by atoms with Crippen molar-refractivity contribution in [2.45, 2.75) is 11.1 Å². The Bertz CT molecular complexity index is 776. The fourth-order valence-electron chi connectivity index (χ4n) is 1.37. The minimum Gasteiger partial charge on any atom is -0.298 e. The first-order chi connectivity index (χ1) is 9.27. The molecular formula is C10H7ClFN3O3S2. The van der Waals surface area contributed by atoms with Crippen LogP contribution in [-0.2, 0) is 9.05 Å². The van der Waals surface area contributed by atoms with Gasteiger partial charge in [-0.3, -0.25) is 15.1 Å². The highest BCUT2D eigenvalue weighted by molar-refractivity contribution is 8.15. The summed E-state index contributed by atoms with van der Waals surface area (Å²) in [6.45, 7) is 1.45. The summed E-state index contributed by atoms with van der Waals surface area (Å²) in [5, 5.41) is 2.41. The molecule has 0 aliphatic heterocycles. The number of carbonyl (C=O) groups is 1. The third-order valence-corrected chi connectivity index (χ3v) is 5.41. The Morgan fingerprint density at radius 1 is 1.45 bits per heavy atom. The van der Waals surface area contributed by atoms with Crippen molar-refractivity contribution in [2.24, 2.45) is 0 Å². The highest BCUT2D eigenvalue weighted by Crippen LogP contribution is 2.29. The number of hydrogen-bond donors (Lipinski definition) is 1. The second-order valence-electron chi connectivity index (χ2n) is 3.68. The lowest BCUT2D eigenvalue weighted by Crippen LogP contribution is -2.12. The lowest BCUT2D eigenvalue weighted by molar-refractivity contribution is 0.102. The summed E-state index contributed by atoms with van der Waals surface area (Å²) in [4.78, 5) is 19.2. The van der Waals surface area contributed by atoms with Gasteiger partial charge in [-0.2, -0.15) is 0 Å². The second-order valence-corrected chi connectivity index (χ2v) is 7.44. The quantitative estimate of drug-likeness (QED) is 0.868. The molecule has 0 aliphatic rings. The van der Waals surface area contributed by atoms with Crippen LogP contribution in [0.15, 0.2) is 22.7 Å². The summed E-state index contributed by atoms with van der Waals surface area (Å²) in [6, 6.07) is 1.00. The highest BCUT2D eigenvalue weighted by Gasteiger charge is 2.20. The number of hydrogen-bond acceptors (Lipinski definition) is 6. The Kier molecular flexibility index (Phi) is 4.02. The average molecular weight is 336 g/mol. The molecule has 2 aromatic heterocycles. The fourth-order valence-corrected chi connectivity index (χ4v) is 3.71. The van der Waals surface area contributed by atoms with Crippen LogP contribution in [-0.4, -0.2) is 24.3 Å². The van der Waals surface area contributed by atoms with Crippen LogP contribution in [0.5, 0.6) is 0 Å². The van der Waals surface area contributed by atoms with E-state index in [1.807, 2.05) is 0 Å². The van der Waals surface area contributed by atoms with Crippen molar-refractivity contribution in [3.8, 4) is 0 Å². The van der Waals surface area contributed by atoms with E-state index in [9.17, 15) is 17.6 Å². The second kappa shape index (κ2) is 5.43. The molecule has 0 aromatic carbocycles. The summed E-state index contributed by atoms with van der Waals surface area (Å²) in [6.07, 6.45) is 2.14. The molecule has 0 atom stereocenters. The molecule has 106 valence electrons. The summed E-state index contributed by atoms with van der Waals surface area (Å²) >= 11 is 0.717. The van der Waals surface area contributed by atoms with E-state index in [0.717, 1.165) is 12.3 Å². The Balaban J connectivity index is 2.25. The average Bonchev–Trinajstić information content (AvgIpc) is 2.70. The molecule has 0 saturated heterocycles. The van der Waals surface area contributed by atoms with Crippen LogP contribution in [0, 0.1) is 12.7 Å². The SMILES string of the molecule is Cc1nc(NC(=O)c2cncc(F)c2)sc1S(=O)(=O)Cl. The van der Waals surface area contributed by atoms with Crippen LogP contribution < -0.4 is 5.32 Å². The van der Waals surface area contributed by atoms with E-state index < -0.39 is 20.8 Å². The van der Waals surface area contributed by atoms with Crippen molar-refractivity contribution < 1.29 is 17.6 Å². The number of pyridine rings is 1. The van der Waals surface area contributed by atoms with E-state index in [1.165, 1.54) is 13.1 Å². The van der Waals surface area contributed by atoms with Gasteiger partial charge in [0.1, 0.15) is 5.82 Å². The van der Waals surface area contributed by atoms with Gasteiger partial charge in [0.25, 0.3) is 15.0 Å². The Morgan fingerprint density at radius 3 is 2.70 bits per heavy atom. The summed E-state index contributed by atoms with van der Waals surface area (Å²) in [5.41, 5.74) is 0.172. The summed E-state index contributed by atoms with van der Waals surface area (Å²) in [5.74, 6) is -1.30. The van der Waals surface area contributed by atoms with Crippen LogP contribution in [0.25, 0.3) is 0 Å². The number of thiazole rings is 1. The third-order valence-electron chi connectivity index (χ3n) is 2.16. The number of amides is 1. The number of anilines is 1. The van der Waals surface area contributed by atoms with Gasteiger partial charge in [-0.1, -0.05) is 11.3 Å². The Hall–Kier alpha value is -1.58. The molecule has 0 aliphatic carbocycles. The molecule has 0 spiro atoms. The molecule has 1 N–H and O–H groups in total. The van der Waals surface area contributed by atoms with E-state index in [4.69, 9.17) is 10.7 Å². The largest absolute Gasteiger partial charge is 0.298 e. The molecule has 6 nitrogen and oxygen atoms in total. The van der Waals surface area contributed by atoms with Crippen molar-refractivity contribution in [2.75, 3.05) is 5.32 Å². The molecule has 0 saturated carbocycles. The van der Waals surface area contributed by atoms with Crippen molar-refractivity contribution in [1.82, 2.24) is 9.97 Å². The van der Waals surface area contributed by atoms with Gasteiger partial charge in [0.05, 0.1) is 17.5 Å². The molecule has 20 heavy (non-hydrogen) atoms. The van der Waals surface area contributed by atoms with E-state index in [0.29, 0.717) is 11.3 Å². The van der Waals surface area contributed by atoms with Crippen molar-refractivity contribution in [1.29, 1.82) is 0 Å². The van der Waals surface area contributed by atoms with Crippen molar-refractivity contribution >= 4 is 42.1 Å². The molecular weight excluding hydrogens is 329 g/mol. The molecule has 0 fully saturated rings. The van der Waals surface area contributed by atoms with Crippen molar-refractivity contribution in [3.05, 3.63) is 35.5 Å². The van der Waals surface area contributed by atoms with Crippen LogP contribution in [0.3, 0.4) is 0 Å². The van der Waals surface area contributed by atoms with Crippen LogP contribution >= 0.6 is 22.0 Å². The molecule has 2 aromatic rings. The minimum atomic E-state index is -3.92. The van der Waals surface area contributed by atoms with Gasteiger partial charge in [0, 0.05) is 16.9 Å². The molecule has 10 heteroatoms. The monoisotopic (exact) mass is 335 g/mol. The van der Waals surface area contributed by atoms with Gasteiger partial charge in [-0.15, -0.1) is 0 Å². The van der Waals surface area contributed by atoms with E-state index in [-0.39, 0.29) is 20.6 Å². The Labute approximate surface area is 122 Å². The van der Waals surface area contributed by atoms with E-state index >= 15 is 0 Å².